The quantitative estimate of drug-likeness (QED) is 0.350. The third-order valence-electron chi connectivity index (χ3n) is 2.87. The van der Waals surface area contributed by atoms with Crippen LogP contribution in [0, 0.1) is 0 Å². The fraction of sp³-hybridized carbons (Fsp3) is 0.846. The Labute approximate surface area is 111 Å². The van der Waals surface area contributed by atoms with Crippen LogP contribution in [0.4, 0.5) is 0 Å². The molecule has 0 fully saturated rings. The Morgan fingerprint density at radius 1 is 0.944 bits per heavy atom. The molecule has 4 nitrogen and oxygen atoms in total. The molecule has 0 unspecified atom stereocenters. The van der Waals surface area contributed by atoms with Gasteiger partial charge in [0.25, 0.3) is 0 Å². The van der Waals surface area contributed by atoms with E-state index in [4.69, 9.17) is 0 Å². The van der Waals surface area contributed by atoms with Crippen LogP contribution < -0.4 is 0 Å². The number of esters is 1. The molecule has 0 aliphatic carbocycles. The molecule has 0 aliphatic rings. The van der Waals surface area contributed by atoms with Gasteiger partial charge >= 0.3 is 5.97 Å². The maximum absolute atomic E-state index is 11.1. The van der Waals surface area contributed by atoms with Crippen molar-refractivity contribution in [3.8, 4) is 0 Å². The van der Waals surface area contributed by atoms with Crippen LogP contribution in [-0.2, 0) is 19.8 Å². The lowest BCUT2D eigenvalue weighted by Crippen LogP contribution is -2.16. The average molecular weight is 276 g/mol. The number of carbonyl (C=O) groups excluding carboxylic acids is 1. The van der Waals surface area contributed by atoms with Gasteiger partial charge < -0.3 is 4.74 Å². The molecule has 0 saturated heterocycles. The molecule has 0 spiro atoms. The second kappa shape index (κ2) is 11.3. The predicted molar refractivity (Wildman–Crippen MR) is 73.2 cm³/mol. The lowest BCUT2D eigenvalue weighted by atomic mass is 10.1. The summed E-state index contributed by atoms with van der Waals surface area (Å²) < 4.78 is 26.0. The Bertz CT molecular complexity index is 349. The molecule has 0 radical (unpaired) electrons. The summed E-state index contributed by atoms with van der Waals surface area (Å²) in [4.78, 5) is 11.0. The first-order valence-electron chi connectivity index (χ1n) is 6.66. The Kier molecular flexibility index (Phi) is 10.7. The van der Waals surface area contributed by atoms with Crippen LogP contribution in [0.1, 0.15) is 64.7 Å². The summed E-state index contributed by atoms with van der Waals surface area (Å²) in [6.07, 6.45) is 9.32. The monoisotopic (exact) mass is 276 g/mol. The maximum atomic E-state index is 11.1. The van der Waals surface area contributed by atoms with E-state index in [9.17, 15) is 13.2 Å². The maximum Gasteiger partial charge on any atom is 0.349 e. The van der Waals surface area contributed by atoms with Crippen molar-refractivity contribution in [2.45, 2.75) is 64.7 Å². The molecular formula is C13H24O4S. The Hall–Kier alpha value is -0.840. The Balaban J connectivity index is 3.71. The molecule has 0 amide bonds. The van der Waals surface area contributed by atoms with Crippen molar-refractivity contribution in [1.82, 2.24) is 0 Å². The van der Waals surface area contributed by atoms with Gasteiger partial charge in [-0.15, -0.1) is 0 Å². The van der Waals surface area contributed by atoms with Gasteiger partial charge in [-0.1, -0.05) is 51.9 Å². The van der Waals surface area contributed by atoms with Crippen molar-refractivity contribution < 1.29 is 17.9 Å². The standard InChI is InChI=1S/C13H24O4S/c1-3-4-5-6-7-8-9-10-11-12(18(15)16)13(14)17-2/h3-11H2,1-2H3. The zero-order chi connectivity index (χ0) is 13.8. The highest BCUT2D eigenvalue weighted by atomic mass is 32.2. The summed E-state index contributed by atoms with van der Waals surface area (Å²) >= 11 is 0. The van der Waals surface area contributed by atoms with Crippen LogP contribution in [0.25, 0.3) is 0 Å². The highest BCUT2D eigenvalue weighted by Crippen LogP contribution is 2.10. The second-order valence-corrected chi connectivity index (χ2v) is 5.34. The van der Waals surface area contributed by atoms with Gasteiger partial charge in [-0.3, -0.25) is 0 Å². The average Bonchev–Trinajstić information content (AvgIpc) is 2.35. The molecule has 0 saturated carbocycles. The van der Waals surface area contributed by atoms with Gasteiger partial charge in [-0.05, 0) is 12.8 Å². The molecule has 0 atom stereocenters. The van der Waals surface area contributed by atoms with Crippen molar-refractivity contribution in [3.05, 3.63) is 0 Å². The molecule has 5 heteroatoms. The predicted octanol–water partition coefficient (Wildman–Crippen LogP) is 2.74. The third-order valence-corrected chi connectivity index (χ3v) is 3.64. The van der Waals surface area contributed by atoms with E-state index in [-0.39, 0.29) is 11.3 Å². The molecule has 0 aromatic carbocycles. The lowest BCUT2D eigenvalue weighted by Gasteiger charge is -2.02. The number of hydrogen-bond donors (Lipinski definition) is 0. The van der Waals surface area contributed by atoms with Gasteiger partial charge in [-0.2, -0.15) is 8.42 Å². The van der Waals surface area contributed by atoms with Crippen molar-refractivity contribution in [1.29, 1.82) is 0 Å². The molecular weight excluding hydrogens is 252 g/mol. The van der Waals surface area contributed by atoms with Crippen molar-refractivity contribution in [2.75, 3.05) is 7.11 Å². The summed E-state index contributed by atoms with van der Waals surface area (Å²) in [5.41, 5.74) is 0. The lowest BCUT2D eigenvalue weighted by molar-refractivity contribution is -0.132. The van der Waals surface area contributed by atoms with Gasteiger partial charge in [0.2, 0.25) is 10.3 Å². The number of ether oxygens (including phenoxy) is 1. The zero-order valence-electron chi connectivity index (χ0n) is 11.4. The summed E-state index contributed by atoms with van der Waals surface area (Å²) in [6, 6.07) is 0. The van der Waals surface area contributed by atoms with Crippen molar-refractivity contribution in [3.63, 3.8) is 0 Å². The highest BCUT2D eigenvalue weighted by molar-refractivity contribution is 7.74. The molecule has 18 heavy (non-hydrogen) atoms. The summed E-state index contributed by atoms with van der Waals surface area (Å²) in [6.45, 7) is 2.19. The van der Waals surface area contributed by atoms with Crippen LogP contribution in [0.15, 0.2) is 0 Å². The molecule has 0 N–H and O–H groups in total. The molecule has 0 heterocycles. The van der Waals surface area contributed by atoms with Crippen LogP contribution in [0.5, 0.6) is 0 Å². The van der Waals surface area contributed by atoms with E-state index >= 15 is 0 Å². The minimum absolute atomic E-state index is 0.136. The number of rotatable bonds is 10. The van der Waals surface area contributed by atoms with E-state index < -0.39 is 16.3 Å². The largest absolute Gasteiger partial charge is 0.465 e. The van der Waals surface area contributed by atoms with Crippen LogP contribution in [0.2, 0.25) is 0 Å². The molecule has 0 aromatic rings. The summed E-state index contributed by atoms with van der Waals surface area (Å²) in [5.74, 6) is -0.730. The Morgan fingerprint density at radius 2 is 1.44 bits per heavy atom. The van der Waals surface area contributed by atoms with Crippen LogP contribution in [-0.4, -0.2) is 26.4 Å². The van der Waals surface area contributed by atoms with Gasteiger partial charge in [-0.25, -0.2) is 4.79 Å². The Morgan fingerprint density at radius 3 is 1.89 bits per heavy atom. The third kappa shape index (κ3) is 8.28. The van der Waals surface area contributed by atoms with Crippen molar-refractivity contribution in [2.24, 2.45) is 0 Å². The topological polar surface area (TPSA) is 60.4 Å². The van der Waals surface area contributed by atoms with Gasteiger partial charge in [0, 0.05) is 0 Å². The smallest absolute Gasteiger partial charge is 0.349 e. The number of methoxy groups -OCH3 is 1. The minimum atomic E-state index is -2.45. The molecule has 0 bridgehead atoms. The normalized spacial score (nSPS) is 10.1. The van der Waals surface area contributed by atoms with E-state index in [1.165, 1.54) is 39.2 Å². The SMILES string of the molecule is CCCCCCCCCCC(C(=O)OC)=S(=O)=O. The first-order chi connectivity index (χ1) is 8.63. The van der Waals surface area contributed by atoms with Crippen LogP contribution >= 0.6 is 0 Å². The molecule has 0 rings (SSSR count). The van der Waals surface area contributed by atoms with E-state index in [0.717, 1.165) is 19.3 Å². The molecule has 106 valence electrons. The zero-order valence-corrected chi connectivity index (χ0v) is 12.2. The molecule has 0 aliphatic heterocycles. The van der Waals surface area contributed by atoms with Gasteiger partial charge in [0.05, 0.1) is 7.11 Å². The van der Waals surface area contributed by atoms with E-state index in [1.54, 1.807) is 0 Å². The second-order valence-electron chi connectivity index (χ2n) is 4.37. The fourth-order valence-electron chi connectivity index (χ4n) is 1.79. The van der Waals surface area contributed by atoms with Crippen LogP contribution in [0.3, 0.4) is 0 Å². The fourth-order valence-corrected chi connectivity index (χ4v) is 2.32. The van der Waals surface area contributed by atoms with E-state index in [1.807, 2.05) is 0 Å². The number of hydrogen-bond acceptors (Lipinski definition) is 4. The van der Waals surface area contributed by atoms with Gasteiger partial charge in [0.15, 0.2) is 4.86 Å². The number of carbonyl (C=O) groups is 1. The first kappa shape index (κ1) is 17.2. The minimum Gasteiger partial charge on any atom is -0.465 e. The number of unbranched alkanes of at least 4 members (excludes halogenated alkanes) is 7. The van der Waals surface area contributed by atoms with E-state index in [0.29, 0.717) is 0 Å². The van der Waals surface area contributed by atoms with Gasteiger partial charge in [0.1, 0.15) is 0 Å². The summed E-state index contributed by atoms with van der Waals surface area (Å²) in [7, 11) is -1.26. The van der Waals surface area contributed by atoms with Crippen molar-refractivity contribution >= 4 is 21.1 Å². The summed E-state index contributed by atoms with van der Waals surface area (Å²) in [5, 5.41) is 0. The molecule has 0 aromatic heterocycles. The van der Waals surface area contributed by atoms with E-state index in [2.05, 4.69) is 11.7 Å². The first-order valence-corrected chi connectivity index (χ1v) is 7.74. The highest BCUT2D eigenvalue weighted by Gasteiger charge is 2.12.